The fourth-order valence-electron chi connectivity index (χ4n) is 1.73. The van der Waals surface area contributed by atoms with Gasteiger partial charge in [0.05, 0.1) is 0 Å². The molecular formula is C14H20ClF. The monoisotopic (exact) mass is 242 g/mol. The van der Waals surface area contributed by atoms with Crippen molar-refractivity contribution in [2.45, 2.75) is 39.5 Å². The van der Waals surface area contributed by atoms with Crippen molar-refractivity contribution in [3.05, 3.63) is 35.6 Å². The van der Waals surface area contributed by atoms with Gasteiger partial charge < -0.3 is 0 Å². The van der Waals surface area contributed by atoms with Gasteiger partial charge in [-0.15, -0.1) is 11.6 Å². The van der Waals surface area contributed by atoms with Gasteiger partial charge in [-0.2, -0.15) is 0 Å². The standard InChI is InChI=1S/C14H20ClF/c1-14(2,3)9-8-11(10-15)12-6-4-5-7-13(12)16/h4-7,11H,8-10H2,1-3H3. The maximum absolute atomic E-state index is 13.6. The Kier molecular flexibility index (Phi) is 4.79. The summed E-state index contributed by atoms with van der Waals surface area (Å²) in [4.78, 5) is 0. The summed E-state index contributed by atoms with van der Waals surface area (Å²) in [7, 11) is 0. The molecule has 2 heteroatoms. The van der Waals surface area contributed by atoms with E-state index in [0.29, 0.717) is 5.88 Å². The number of rotatable bonds is 4. The summed E-state index contributed by atoms with van der Waals surface area (Å²) < 4.78 is 13.6. The van der Waals surface area contributed by atoms with Crippen molar-refractivity contribution in [2.75, 3.05) is 5.88 Å². The molecule has 0 aliphatic rings. The Morgan fingerprint density at radius 2 is 1.88 bits per heavy atom. The summed E-state index contributed by atoms with van der Waals surface area (Å²) in [6.07, 6.45) is 1.99. The summed E-state index contributed by atoms with van der Waals surface area (Å²) in [5, 5.41) is 0. The van der Waals surface area contributed by atoms with Crippen LogP contribution >= 0.6 is 11.6 Å². The van der Waals surface area contributed by atoms with E-state index in [2.05, 4.69) is 20.8 Å². The molecule has 0 aliphatic carbocycles. The Balaban J connectivity index is 2.72. The molecule has 0 N–H and O–H groups in total. The van der Waals surface area contributed by atoms with Crippen LogP contribution in [0.5, 0.6) is 0 Å². The van der Waals surface area contributed by atoms with Gasteiger partial charge in [-0.1, -0.05) is 39.0 Å². The van der Waals surface area contributed by atoms with Crippen LogP contribution in [0, 0.1) is 11.2 Å². The molecule has 0 spiro atoms. The highest BCUT2D eigenvalue weighted by molar-refractivity contribution is 6.18. The summed E-state index contributed by atoms with van der Waals surface area (Å²) in [5.41, 5.74) is 1.02. The molecule has 90 valence electrons. The van der Waals surface area contributed by atoms with E-state index in [0.717, 1.165) is 18.4 Å². The van der Waals surface area contributed by atoms with Crippen LogP contribution in [-0.2, 0) is 0 Å². The van der Waals surface area contributed by atoms with Crippen LogP contribution in [-0.4, -0.2) is 5.88 Å². The molecule has 16 heavy (non-hydrogen) atoms. The first-order valence-corrected chi connectivity index (χ1v) is 6.28. The van der Waals surface area contributed by atoms with E-state index in [1.54, 1.807) is 6.07 Å². The molecule has 0 aliphatic heterocycles. The van der Waals surface area contributed by atoms with Crippen molar-refractivity contribution in [3.63, 3.8) is 0 Å². The first-order chi connectivity index (χ1) is 7.44. The minimum absolute atomic E-state index is 0.127. The van der Waals surface area contributed by atoms with Crippen LogP contribution in [0.2, 0.25) is 0 Å². The molecule has 1 aromatic rings. The minimum Gasteiger partial charge on any atom is -0.207 e. The molecule has 0 bridgehead atoms. The number of halogens is 2. The van der Waals surface area contributed by atoms with Crippen molar-refractivity contribution in [2.24, 2.45) is 5.41 Å². The van der Waals surface area contributed by atoms with Crippen LogP contribution in [0.4, 0.5) is 4.39 Å². The summed E-state index contributed by atoms with van der Waals surface area (Å²) >= 11 is 5.94. The normalized spacial score (nSPS) is 13.8. The molecule has 0 fully saturated rings. The van der Waals surface area contributed by atoms with Crippen LogP contribution < -0.4 is 0 Å². The molecule has 1 unspecified atom stereocenters. The second kappa shape index (κ2) is 5.67. The van der Waals surface area contributed by atoms with E-state index < -0.39 is 0 Å². The predicted octanol–water partition coefficient (Wildman–Crippen LogP) is 4.97. The lowest BCUT2D eigenvalue weighted by Gasteiger charge is -2.22. The lowest BCUT2D eigenvalue weighted by Crippen LogP contribution is -2.10. The van der Waals surface area contributed by atoms with Gasteiger partial charge in [0.15, 0.2) is 0 Å². The second-order valence-electron chi connectivity index (χ2n) is 5.47. The van der Waals surface area contributed by atoms with Crippen LogP contribution in [0.15, 0.2) is 24.3 Å². The van der Waals surface area contributed by atoms with Gasteiger partial charge in [0.2, 0.25) is 0 Å². The quantitative estimate of drug-likeness (QED) is 0.654. The molecule has 1 rings (SSSR count). The third kappa shape index (κ3) is 4.13. The SMILES string of the molecule is CC(C)(C)CCC(CCl)c1ccccc1F. The van der Waals surface area contributed by atoms with Gasteiger partial charge >= 0.3 is 0 Å². The van der Waals surface area contributed by atoms with Gasteiger partial charge in [0.1, 0.15) is 5.82 Å². The third-order valence-corrected chi connectivity index (χ3v) is 3.15. The summed E-state index contributed by atoms with van der Waals surface area (Å²) in [6.45, 7) is 6.58. The second-order valence-corrected chi connectivity index (χ2v) is 5.78. The third-order valence-electron chi connectivity index (χ3n) is 2.77. The molecule has 1 aromatic carbocycles. The average Bonchev–Trinajstić information content (AvgIpc) is 2.20. The van der Waals surface area contributed by atoms with Gasteiger partial charge in [0, 0.05) is 11.8 Å². The molecule has 0 saturated carbocycles. The Morgan fingerprint density at radius 3 is 2.38 bits per heavy atom. The van der Waals surface area contributed by atoms with Gasteiger partial charge in [0.25, 0.3) is 0 Å². The highest BCUT2D eigenvalue weighted by Crippen LogP contribution is 2.30. The number of alkyl halides is 1. The zero-order valence-corrected chi connectivity index (χ0v) is 11.0. The van der Waals surface area contributed by atoms with E-state index >= 15 is 0 Å². The van der Waals surface area contributed by atoms with Crippen molar-refractivity contribution in [1.82, 2.24) is 0 Å². The van der Waals surface area contributed by atoms with Crippen LogP contribution in [0.1, 0.15) is 45.1 Å². The molecule has 0 nitrogen and oxygen atoms in total. The van der Waals surface area contributed by atoms with Crippen molar-refractivity contribution in [3.8, 4) is 0 Å². The van der Waals surface area contributed by atoms with Gasteiger partial charge in [-0.3, -0.25) is 0 Å². The fourth-order valence-corrected chi connectivity index (χ4v) is 2.05. The topological polar surface area (TPSA) is 0 Å². The van der Waals surface area contributed by atoms with E-state index in [1.165, 1.54) is 6.07 Å². The average molecular weight is 243 g/mol. The minimum atomic E-state index is -0.137. The first kappa shape index (κ1) is 13.5. The van der Waals surface area contributed by atoms with Crippen molar-refractivity contribution >= 4 is 11.6 Å². The van der Waals surface area contributed by atoms with Crippen molar-refractivity contribution in [1.29, 1.82) is 0 Å². The van der Waals surface area contributed by atoms with Crippen LogP contribution in [0.3, 0.4) is 0 Å². The number of hydrogen-bond donors (Lipinski definition) is 0. The predicted molar refractivity (Wildman–Crippen MR) is 68.6 cm³/mol. The summed E-state index contributed by atoms with van der Waals surface area (Å²) in [5.74, 6) is 0.473. The molecule has 0 saturated heterocycles. The number of hydrogen-bond acceptors (Lipinski definition) is 0. The molecule has 0 aromatic heterocycles. The van der Waals surface area contributed by atoms with E-state index in [1.807, 2.05) is 12.1 Å². The Bertz CT molecular complexity index is 328. The van der Waals surface area contributed by atoms with E-state index in [4.69, 9.17) is 11.6 Å². The zero-order chi connectivity index (χ0) is 12.2. The first-order valence-electron chi connectivity index (χ1n) is 5.74. The largest absolute Gasteiger partial charge is 0.207 e. The molecular weight excluding hydrogens is 223 g/mol. The lowest BCUT2D eigenvalue weighted by molar-refractivity contribution is 0.351. The molecule has 0 amide bonds. The Hall–Kier alpha value is -0.560. The highest BCUT2D eigenvalue weighted by Gasteiger charge is 2.18. The van der Waals surface area contributed by atoms with Crippen LogP contribution in [0.25, 0.3) is 0 Å². The molecule has 0 heterocycles. The van der Waals surface area contributed by atoms with E-state index in [-0.39, 0.29) is 17.2 Å². The Labute approximate surface area is 103 Å². The fraction of sp³-hybridized carbons (Fsp3) is 0.571. The van der Waals surface area contributed by atoms with Gasteiger partial charge in [-0.25, -0.2) is 4.39 Å². The summed E-state index contributed by atoms with van der Waals surface area (Å²) in [6, 6.07) is 6.93. The zero-order valence-electron chi connectivity index (χ0n) is 10.3. The maximum atomic E-state index is 13.6. The lowest BCUT2D eigenvalue weighted by atomic mass is 9.85. The highest BCUT2D eigenvalue weighted by atomic mass is 35.5. The smallest absolute Gasteiger partial charge is 0.126 e. The van der Waals surface area contributed by atoms with E-state index in [9.17, 15) is 4.39 Å². The van der Waals surface area contributed by atoms with Gasteiger partial charge in [-0.05, 0) is 29.9 Å². The molecule has 1 atom stereocenters. The van der Waals surface area contributed by atoms with Crippen molar-refractivity contribution < 1.29 is 4.39 Å². The number of benzene rings is 1. The maximum Gasteiger partial charge on any atom is 0.126 e. The molecule has 0 radical (unpaired) electrons. The Morgan fingerprint density at radius 1 is 1.25 bits per heavy atom.